The number of rotatable bonds is 7. The first kappa shape index (κ1) is 13.2. The molecule has 0 radical (unpaired) electrons. The van der Waals surface area contributed by atoms with Crippen LogP contribution in [-0.2, 0) is 0 Å². The first-order valence-corrected chi connectivity index (χ1v) is 6.21. The van der Waals surface area contributed by atoms with E-state index in [0.717, 1.165) is 28.6 Å². The van der Waals surface area contributed by atoms with E-state index in [4.69, 9.17) is 9.47 Å². The van der Waals surface area contributed by atoms with E-state index in [9.17, 15) is 4.39 Å². The number of hydrogen-bond acceptors (Lipinski definition) is 3. The summed E-state index contributed by atoms with van der Waals surface area (Å²) in [6.45, 7) is -0.240. The van der Waals surface area contributed by atoms with E-state index < -0.39 is 0 Å². The second-order valence-electron chi connectivity index (χ2n) is 3.26. The molecule has 0 bridgehead atoms. The summed E-state index contributed by atoms with van der Waals surface area (Å²) in [5, 5.41) is 0. The largest absolute Gasteiger partial charge is 0.497 e. The van der Waals surface area contributed by atoms with Gasteiger partial charge in [0.1, 0.15) is 11.5 Å². The molecule has 0 aliphatic heterocycles. The number of alkyl halides is 1. The highest BCUT2D eigenvalue weighted by Gasteiger charge is 2.05. The first-order valence-electron chi connectivity index (χ1n) is 5.22. The van der Waals surface area contributed by atoms with Crippen molar-refractivity contribution in [1.82, 2.24) is 0 Å². The fourth-order valence-corrected chi connectivity index (χ4v) is 2.34. The van der Waals surface area contributed by atoms with Crippen LogP contribution in [0.4, 0.5) is 4.39 Å². The van der Waals surface area contributed by atoms with Gasteiger partial charge in [-0.1, -0.05) is 0 Å². The Labute approximate surface area is 100 Å². The number of benzene rings is 1. The van der Waals surface area contributed by atoms with Crippen molar-refractivity contribution in [2.75, 3.05) is 26.6 Å². The van der Waals surface area contributed by atoms with Crippen LogP contribution < -0.4 is 9.47 Å². The Hall–Kier alpha value is -0.900. The zero-order valence-corrected chi connectivity index (χ0v) is 10.5. The van der Waals surface area contributed by atoms with Gasteiger partial charge in [-0.3, -0.25) is 4.39 Å². The molecule has 0 N–H and O–H groups in total. The van der Waals surface area contributed by atoms with Crippen LogP contribution in [0.25, 0.3) is 0 Å². The van der Waals surface area contributed by atoms with Gasteiger partial charge in [-0.15, -0.1) is 11.8 Å². The van der Waals surface area contributed by atoms with Gasteiger partial charge in [0.15, 0.2) is 0 Å². The Morgan fingerprint density at radius 2 is 2.00 bits per heavy atom. The van der Waals surface area contributed by atoms with E-state index in [2.05, 4.69) is 0 Å². The van der Waals surface area contributed by atoms with E-state index in [0.29, 0.717) is 6.42 Å². The molecule has 1 aromatic rings. The third kappa shape index (κ3) is 3.93. The summed E-state index contributed by atoms with van der Waals surface area (Å²) in [6, 6.07) is 5.69. The minimum atomic E-state index is -0.240. The Balaban J connectivity index is 2.60. The molecule has 0 aromatic heterocycles. The van der Waals surface area contributed by atoms with Gasteiger partial charge in [-0.2, -0.15) is 0 Å². The van der Waals surface area contributed by atoms with Crippen molar-refractivity contribution in [2.45, 2.75) is 17.7 Å². The highest BCUT2D eigenvalue weighted by Crippen LogP contribution is 2.33. The number of halogens is 1. The van der Waals surface area contributed by atoms with Gasteiger partial charge in [-0.25, -0.2) is 0 Å². The highest BCUT2D eigenvalue weighted by molar-refractivity contribution is 7.99. The summed E-state index contributed by atoms with van der Waals surface area (Å²) in [5.41, 5.74) is 0. The minimum absolute atomic E-state index is 0.240. The number of ether oxygens (including phenoxy) is 2. The predicted molar refractivity (Wildman–Crippen MR) is 65.5 cm³/mol. The summed E-state index contributed by atoms with van der Waals surface area (Å²) in [7, 11) is 3.28. The average Bonchev–Trinajstić information content (AvgIpc) is 2.34. The smallest absolute Gasteiger partial charge is 0.132 e. The minimum Gasteiger partial charge on any atom is -0.497 e. The Morgan fingerprint density at radius 3 is 2.62 bits per heavy atom. The van der Waals surface area contributed by atoms with Gasteiger partial charge in [0.05, 0.1) is 25.8 Å². The molecule has 0 saturated heterocycles. The lowest BCUT2D eigenvalue weighted by atomic mass is 10.3. The molecule has 1 rings (SSSR count). The summed E-state index contributed by atoms with van der Waals surface area (Å²) >= 11 is 1.67. The molecule has 16 heavy (non-hydrogen) atoms. The number of thioether (sulfide) groups is 1. The Bertz CT molecular complexity index is 318. The molecule has 0 heterocycles. The molecule has 0 unspecified atom stereocenters. The van der Waals surface area contributed by atoms with Crippen LogP contribution in [0.2, 0.25) is 0 Å². The van der Waals surface area contributed by atoms with Crippen molar-refractivity contribution in [3.63, 3.8) is 0 Å². The summed E-state index contributed by atoms with van der Waals surface area (Å²) in [6.07, 6.45) is 1.50. The monoisotopic (exact) mass is 244 g/mol. The second kappa shape index (κ2) is 7.39. The molecule has 0 saturated carbocycles. The number of hydrogen-bond donors (Lipinski definition) is 0. The lowest BCUT2D eigenvalue weighted by molar-refractivity contribution is 0.394. The number of methoxy groups -OCH3 is 2. The Morgan fingerprint density at radius 1 is 1.19 bits per heavy atom. The quantitative estimate of drug-likeness (QED) is 0.540. The van der Waals surface area contributed by atoms with E-state index in [1.165, 1.54) is 0 Å². The van der Waals surface area contributed by atoms with Crippen LogP contribution in [0, 0.1) is 0 Å². The van der Waals surface area contributed by atoms with Crippen LogP contribution in [0.1, 0.15) is 12.8 Å². The van der Waals surface area contributed by atoms with Crippen molar-refractivity contribution in [3.8, 4) is 11.5 Å². The molecule has 0 atom stereocenters. The summed E-state index contributed by atoms with van der Waals surface area (Å²) in [4.78, 5) is 1.04. The summed E-state index contributed by atoms with van der Waals surface area (Å²) in [5.74, 6) is 2.55. The predicted octanol–water partition coefficient (Wildman–Crippen LogP) is 3.55. The summed E-state index contributed by atoms with van der Waals surface area (Å²) < 4.78 is 22.3. The zero-order valence-electron chi connectivity index (χ0n) is 9.66. The van der Waals surface area contributed by atoms with Crippen LogP contribution in [0.3, 0.4) is 0 Å². The lowest BCUT2D eigenvalue weighted by Crippen LogP contribution is -1.90. The Kier molecular flexibility index (Phi) is 6.08. The lowest BCUT2D eigenvalue weighted by Gasteiger charge is -2.09. The maximum absolute atomic E-state index is 11.9. The molecule has 1 aromatic carbocycles. The van der Waals surface area contributed by atoms with Crippen molar-refractivity contribution >= 4 is 11.8 Å². The second-order valence-corrected chi connectivity index (χ2v) is 4.40. The number of unbranched alkanes of at least 4 members (excludes halogenated alkanes) is 1. The van der Waals surface area contributed by atoms with Gasteiger partial charge in [0, 0.05) is 0 Å². The maximum atomic E-state index is 11.9. The van der Waals surface area contributed by atoms with Gasteiger partial charge in [0.2, 0.25) is 0 Å². The molecule has 0 fully saturated rings. The van der Waals surface area contributed by atoms with E-state index >= 15 is 0 Å². The van der Waals surface area contributed by atoms with Crippen molar-refractivity contribution < 1.29 is 13.9 Å². The topological polar surface area (TPSA) is 18.5 Å². The van der Waals surface area contributed by atoms with Crippen molar-refractivity contribution in [3.05, 3.63) is 18.2 Å². The van der Waals surface area contributed by atoms with Gasteiger partial charge >= 0.3 is 0 Å². The average molecular weight is 244 g/mol. The molecule has 4 heteroatoms. The zero-order chi connectivity index (χ0) is 11.8. The van der Waals surface area contributed by atoms with E-state index in [-0.39, 0.29) is 6.67 Å². The SMILES string of the molecule is COc1ccc(OC)c(SCCCCF)c1. The molecule has 0 aliphatic carbocycles. The van der Waals surface area contributed by atoms with Crippen LogP contribution in [0.5, 0.6) is 11.5 Å². The third-order valence-corrected chi connectivity index (χ3v) is 3.28. The van der Waals surface area contributed by atoms with Crippen LogP contribution in [0.15, 0.2) is 23.1 Å². The van der Waals surface area contributed by atoms with E-state index in [1.807, 2.05) is 18.2 Å². The van der Waals surface area contributed by atoms with Crippen molar-refractivity contribution in [2.24, 2.45) is 0 Å². The molecule has 0 amide bonds. The third-order valence-electron chi connectivity index (χ3n) is 2.16. The molecule has 0 aliphatic rings. The maximum Gasteiger partial charge on any atom is 0.132 e. The molecule has 90 valence electrons. The molecule has 0 spiro atoms. The van der Waals surface area contributed by atoms with Crippen LogP contribution in [-0.4, -0.2) is 26.6 Å². The standard InChI is InChI=1S/C12H17FO2S/c1-14-10-5-6-11(15-2)12(9-10)16-8-4-3-7-13/h5-6,9H,3-4,7-8H2,1-2H3. The normalized spacial score (nSPS) is 10.2. The van der Waals surface area contributed by atoms with Crippen LogP contribution >= 0.6 is 11.8 Å². The van der Waals surface area contributed by atoms with Gasteiger partial charge in [0.25, 0.3) is 0 Å². The van der Waals surface area contributed by atoms with Crippen molar-refractivity contribution in [1.29, 1.82) is 0 Å². The highest BCUT2D eigenvalue weighted by atomic mass is 32.2. The van der Waals surface area contributed by atoms with Gasteiger partial charge < -0.3 is 9.47 Å². The van der Waals surface area contributed by atoms with E-state index in [1.54, 1.807) is 26.0 Å². The molecular formula is C12H17FO2S. The molecule has 2 nitrogen and oxygen atoms in total. The fraction of sp³-hybridized carbons (Fsp3) is 0.500. The first-order chi connectivity index (χ1) is 7.81. The molecular weight excluding hydrogens is 227 g/mol. The van der Waals surface area contributed by atoms with Gasteiger partial charge in [-0.05, 0) is 36.8 Å². The fourth-order valence-electron chi connectivity index (χ4n) is 1.28.